The van der Waals surface area contributed by atoms with Crippen molar-refractivity contribution in [1.82, 2.24) is 14.4 Å². The van der Waals surface area contributed by atoms with Gasteiger partial charge in [0.2, 0.25) is 5.91 Å². The first kappa shape index (κ1) is 28.9. The predicted molar refractivity (Wildman–Crippen MR) is 159 cm³/mol. The van der Waals surface area contributed by atoms with Gasteiger partial charge in [0.1, 0.15) is 12.3 Å². The van der Waals surface area contributed by atoms with E-state index in [1.54, 1.807) is 19.1 Å². The van der Waals surface area contributed by atoms with E-state index in [1.807, 2.05) is 105 Å². The summed E-state index contributed by atoms with van der Waals surface area (Å²) in [5, 5.41) is 2.05. The molecule has 4 rings (SSSR count). The molecule has 7 nitrogen and oxygen atoms in total. The number of hydrogen-bond donors (Lipinski definition) is 0. The van der Waals surface area contributed by atoms with Gasteiger partial charge < -0.3 is 23.8 Å². The first-order valence-electron chi connectivity index (χ1n) is 13.5. The summed E-state index contributed by atoms with van der Waals surface area (Å²) in [4.78, 5) is 30.9. The van der Waals surface area contributed by atoms with E-state index in [9.17, 15) is 9.59 Å². The number of amides is 2. The number of nitrogens with zero attached hydrogens (tertiary/aromatic N) is 3. The summed E-state index contributed by atoms with van der Waals surface area (Å²) >= 11 is 0. The molecular weight excluding hydrogens is 502 g/mol. The Kier molecular flexibility index (Phi) is 9.27. The van der Waals surface area contributed by atoms with E-state index < -0.39 is 5.54 Å². The number of benzene rings is 3. The van der Waals surface area contributed by atoms with Gasteiger partial charge in [-0.05, 0) is 73.5 Å². The number of aromatic nitrogens is 1. The van der Waals surface area contributed by atoms with Gasteiger partial charge in [-0.15, -0.1) is 0 Å². The van der Waals surface area contributed by atoms with Gasteiger partial charge in [-0.3, -0.25) is 9.59 Å². The van der Waals surface area contributed by atoms with E-state index in [-0.39, 0.29) is 18.4 Å². The molecule has 0 atom stereocenters. The van der Waals surface area contributed by atoms with Gasteiger partial charge in [-0.2, -0.15) is 0 Å². The molecule has 1 heterocycles. The van der Waals surface area contributed by atoms with Crippen LogP contribution < -0.4 is 4.74 Å². The van der Waals surface area contributed by atoms with Crippen LogP contribution in [-0.4, -0.2) is 65.6 Å². The minimum atomic E-state index is -0.457. The van der Waals surface area contributed by atoms with E-state index in [0.29, 0.717) is 31.8 Å². The van der Waals surface area contributed by atoms with Crippen molar-refractivity contribution in [3.05, 3.63) is 102 Å². The lowest BCUT2D eigenvalue weighted by atomic mass is 10.0. The molecule has 0 spiro atoms. The maximum absolute atomic E-state index is 13.9. The molecule has 0 aliphatic rings. The van der Waals surface area contributed by atoms with Crippen LogP contribution in [0.5, 0.6) is 5.75 Å². The average Bonchev–Trinajstić information content (AvgIpc) is 3.39. The molecule has 2 amide bonds. The largest absolute Gasteiger partial charge is 0.497 e. The van der Waals surface area contributed by atoms with Crippen molar-refractivity contribution in [1.29, 1.82) is 0 Å². The Morgan fingerprint density at radius 3 is 2.38 bits per heavy atom. The zero-order valence-corrected chi connectivity index (χ0v) is 24.1. The molecule has 4 aromatic rings. The Morgan fingerprint density at radius 1 is 0.875 bits per heavy atom. The third-order valence-corrected chi connectivity index (χ3v) is 7.02. The van der Waals surface area contributed by atoms with E-state index in [2.05, 4.69) is 10.6 Å². The highest BCUT2D eigenvalue weighted by Crippen LogP contribution is 2.22. The second-order valence-corrected chi connectivity index (χ2v) is 10.9. The SMILES string of the molecule is COCCN(CC(=O)N(Cc1cccn1Cc1cccc(OC)c1)C(C)(C)C)C(=O)c1ccc2ccccc2c1. The van der Waals surface area contributed by atoms with E-state index in [1.165, 1.54) is 0 Å². The second-order valence-electron chi connectivity index (χ2n) is 10.9. The van der Waals surface area contributed by atoms with Gasteiger partial charge in [-0.25, -0.2) is 0 Å². The molecule has 0 radical (unpaired) electrons. The first-order valence-corrected chi connectivity index (χ1v) is 13.5. The number of fused-ring (bicyclic) bond motifs is 1. The molecule has 0 saturated heterocycles. The summed E-state index contributed by atoms with van der Waals surface area (Å²) in [6, 6.07) is 25.6. The third-order valence-electron chi connectivity index (χ3n) is 7.02. The summed E-state index contributed by atoms with van der Waals surface area (Å²) in [6.45, 7) is 7.75. The molecule has 0 aliphatic heterocycles. The van der Waals surface area contributed by atoms with Crippen LogP contribution in [0.25, 0.3) is 10.8 Å². The minimum absolute atomic E-state index is 0.0388. The molecule has 0 N–H and O–H groups in total. The Bertz CT molecular complexity index is 1450. The number of rotatable bonds is 11. The summed E-state index contributed by atoms with van der Waals surface area (Å²) < 4.78 is 12.8. The molecule has 7 heteroatoms. The average molecular weight is 542 g/mol. The molecule has 0 saturated carbocycles. The van der Waals surface area contributed by atoms with Crippen molar-refractivity contribution in [2.24, 2.45) is 0 Å². The Hall–Kier alpha value is -4.10. The normalized spacial score (nSPS) is 11.4. The van der Waals surface area contributed by atoms with Gasteiger partial charge >= 0.3 is 0 Å². The summed E-state index contributed by atoms with van der Waals surface area (Å²) in [7, 11) is 3.26. The highest BCUT2D eigenvalue weighted by atomic mass is 16.5. The molecular formula is C33H39N3O4. The quantitative estimate of drug-likeness (QED) is 0.248. The van der Waals surface area contributed by atoms with Crippen molar-refractivity contribution in [2.45, 2.75) is 39.4 Å². The lowest BCUT2D eigenvalue weighted by Gasteiger charge is -2.37. The number of carbonyl (C=O) groups excluding carboxylic acids is 2. The highest BCUT2D eigenvalue weighted by Gasteiger charge is 2.30. The fourth-order valence-corrected chi connectivity index (χ4v) is 4.78. The zero-order valence-electron chi connectivity index (χ0n) is 24.1. The monoisotopic (exact) mass is 541 g/mol. The molecule has 0 bridgehead atoms. The molecule has 0 fully saturated rings. The third kappa shape index (κ3) is 7.10. The lowest BCUT2D eigenvalue weighted by Crippen LogP contribution is -2.50. The van der Waals surface area contributed by atoms with Crippen molar-refractivity contribution in [3.63, 3.8) is 0 Å². The van der Waals surface area contributed by atoms with Crippen LogP contribution in [-0.2, 0) is 22.6 Å². The van der Waals surface area contributed by atoms with Crippen LogP contribution >= 0.6 is 0 Å². The number of hydrogen-bond acceptors (Lipinski definition) is 4. The fourth-order valence-electron chi connectivity index (χ4n) is 4.78. The van der Waals surface area contributed by atoms with Gasteiger partial charge in [0.25, 0.3) is 5.91 Å². The molecule has 0 aliphatic carbocycles. The topological polar surface area (TPSA) is 64.0 Å². The second kappa shape index (κ2) is 12.8. The van der Waals surface area contributed by atoms with Gasteiger partial charge in [-0.1, -0.05) is 42.5 Å². The summed E-state index contributed by atoms with van der Waals surface area (Å²) in [5.74, 6) is 0.503. The van der Waals surface area contributed by atoms with Gasteiger partial charge in [0.15, 0.2) is 0 Å². The number of ether oxygens (including phenoxy) is 2. The maximum Gasteiger partial charge on any atom is 0.254 e. The van der Waals surface area contributed by atoms with Crippen molar-refractivity contribution < 1.29 is 19.1 Å². The first-order chi connectivity index (χ1) is 19.2. The molecule has 40 heavy (non-hydrogen) atoms. The van der Waals surface area contributed by atoms with Crippen LogP contribution in [0.3, 0.4) is 0 Å². The molecule has 3 aromatic carbocycles. The smallest absolute Gasteiger partial charge is 0.254 e. The molecule has 210 valence electrons. The maximum atomic E-state index is 13.9. The fraction of sp³-hybridized carbons (Fsp3) is 0.333. The van der Waals surface area contributed by atoms with Crippen LogP contribution in [0.15, 0.2) is 85.1 Å². The van der Waals surface area contributed by atoms with Crippen LogP contribution in [0, 0.1) is 0 Å². The van der Waals surface area contributed by atoms with Gasteiger partial charge in [0, 0.05) is 43.2 Å². The van der Waals surface area contributed by atoms with Gasteiger partial charge in [0.05, 0.1) is 20.3 Å². The van der Waals surface area contributed by atoms with E-state index in [0.717, 1.165) is 27.8 Å². The molecule has 0 unspecified atom stereocenters. The van der Waals surface area contributed by atoms with Crippen molar-refractivity contribution in [3.8, 4) is 5.75 Å². The summed E-state index contributed by atoms with van der Waals surface area (Å²) in [5.41, 5.74) is 2.21. The van der Waals surface area contributed by atoms with E-state index >= 15 is 0 Å². The number of carbonyl (C=O) groups is 2. The van der Waals surface area contributed by atoms with Crippen molar-refractivity contribution >= 4 is 22.6 Å². The Morgan fingerprint density at radius 2 is 1.65 bits per heavy atom. The van der Waals surface area contributed by atoms with Crippen molar-refractivity contribution in [2.75, 3.05) is 33.9 Å². The number of methoxy groups -OCH3 is 2. The van der Waals surface area contributed by atoms with Crippen LogP contribution in [0.4, 0.5) is 0 Å². The van der Waals surface area contributed by atoms with Crippen LogP contribution in [0.1, 0.15) is 42.4 Å². The van der Waals surface area contributed by atoms with E-state index in [4.69, 9.17) is 9.47 Å². The minimum Gasteiger partial charge on any atom is -0.497 e. The zero-order chi connectivity index (χ0) is 28.7. The predicted octanol–water partition coefficient (Wildman–Crippen LogP) is 5.61. The summed E-state index contributed by atoms with van der Waals surface area (Å²) in [6.07, 6.45) is 2.02. The highest BCUT2D eigenvalue weighted by molar-refractivity contribution is 6.00. The lowest BCUT2D eigenvalue weighted by molar-refractivity contribution is -0.137. The molecule has 1 aromatic heterocycles. The van der Waals surface area contributed by atoms with Crippen LogP contribution in [0.2, 0.25) is 0 Å². The standard InChI is InChI=1S/C33H39N3O4/c1-33(2,3)36(23-29-13-9-17-34(29)22-25-10-8-14-30(20-25)40-5)31(37)24-35(18-19-39-4)32(38)28-16-15-26-11-6-7-12-27(26)21-28/h6-17,20-21H,18-19,22-24H2,1-5H3. The Labute approximate surface area is 236 Å². The Balaban J connectivity index is 1.54.